The molecule has 0 amide bonds. The zero-order valence-corrected chi connectivity index (χ0v) is 15.6. The minimum Gasteiger partial charge on any atom is -0.367 e. The molecule has 0 N–H and O–H groups in total. The van der Waals surface area contributed by atoms with Gasteiger partial charge in [0.25, 0.3) is 10.0 Å². The van der Waals surface area contributed by atoms with Crippen molar-refractivity contribution in [2.24, 2.45) is 0 Å². The van der Waals surface area contributed by atoms with Crippen LogP contribution in [0.25, 0.3) is 10.8 Å². The molecule has 4 rings (SSSR count). The number of pyridine rings is 1. The molecule has 0 radical (unpaired) electrons. The summed E-state index contributed by atoms with van der Waals surface area (Å²) in [7, 11) is -3.38. The maximum atomic E-state index is 12.8. The summed E-state index contributed by atoms with van der Waals surface area (Å²) in [4.78, 5) is 7.57. The fourth-order valence-corrected chi connectivity index (χ4v) is 6.06. The van der Waals surface area contributed by atoms with Crippen LogP contribution in [0.2, 0.25) is 0 Å². The maximum Gasteiger partial charge on any atom is 0.252 e. The third kappa shape index (κ3) is 3.03. The predicted molar refractivity (Wildman–Crippen MR) is 102 cm³/mol. The Balaban J connectivity index is 1.55. The number of rotatable bonds is 3. The predicted octanol–water partition coefficient (Wildman–Crippen LogP) is 3.12. The van der Waals surface area contributed by atoms with Gasteiger partial charge in [-0.2, -0.15) is 4.31 Å². The first-order valence-electron chi connectivity index (χ1n) is 8.20. The number of aryl methyl sites for hydroxylation is 1. The van der Waals surface area contributed by atoms with Crippen molar-refractivity contribution in [2.75, 3.05) is 31.1 Å². The van der Waals surface area contributed by atoms with E-state index in [1.54, 1.807) is 10.4 Å². The second-order valence-corrected chi connectivity index (χ2v) is 9.59. The SMILES string of the molecule is Cc1ccc(S(=O)(=O)N2CCN(c3cncc4ccccc34)CC2)s1. The molecule has 5 nitrogen and oxygen atoms in total. The van der Waals surface area contributed by atoms with Crippen molar-refractivity contribution >= 4 is 37.8 Å². The van der Waals surface area contributed by atoms with Gasteiger partial charge in [0.15, 0.2) is 0 Å². The fraction of sp³-hybridized carbons (Fsp3) is 0.278. The van der Waals surface area contributed by atoms with Crippen molar-refractivity contribution in [3.05, 3.63) is 53.7 Å². The van der Waals surface area contributed by atoms with Gasteiger partial charge in [0, 0.05) is 48.0 Å². The Morgan fingerprint density at radius 1 is 1.00 bits per heavy atom. The highest BCUT2D eigenvalue weighted by molar-refractivity contribution is 7.91. The van der Waals surface area contributed by atoms with Gasteiger partial charge >= 0.3 is 0 Å². The van der Waals surface area contributed by atoms with Crippen LogP contribution in [0.4, 0.5) is 5.69 Å². The lowest BCUT2D eigenvalue weighted by Crippen LogP contribution is -2.48. The third-order valence-electron chi connectivity index (χ3n) is 4.54. The van der Waals surface area contributed by atoms with Crippen molar-refractivity contribution in [3.8, 4) is 0 Å². The van der Waals surface area contributed by atoms with Crippen LogP contribution in [-0.4, -0.2) is 43.9 Å². The van der Waals surface area contributed by atoms with Crippen LogP contribution < -0.4 is 4.90 Å². The molecule has 3 aromatic rings. The van der Waals surface area contributed by atoms with Crippen LogP contribution in [0.1, 0.15) is 4.88 Å². The number of sulfonamides is 1. The van der Waals surface area contributed by atoms with Crippen LogP contribution >= 0.6 is 11.3 Å². The molecule has 1 saturated heterocycles. The van der Waals surface area contributed by atoms with Gasteiger partial charge in [-0.25, -0.2) is 8.42 Å². The highest BCUT2D eigenvalue weighted by Crippen LogP contribution is 2.29. The lowest BCUT2D eigenvalue weighted by molar-refractivity contribution is 0.386. The maximum absolute atomic E-state index is 12.8. The largest absolute Gasteiger partial charge is 0.367 e. The van der Waals surface area contributed by atoms with Crippen molar-refractivity contribution < 1.29 is 8.42 Å². The van der Waals surface area contributed by atoms with Crippen LogP contribution in [0.15, 0.2) is 53.0 Å². The van der Waals surface area contributed by atoms with Gasteiger partial charge in [0.05, 0.1) is 11.9 Å². The number of nitrogens with zero attached hydrogens (tertiary/aromatic N) is 3. The lowest BCUT2D eigenvalue weighted by Gasteiger charge is -2.35. The fourth-order valence-electron chi connectivity index (χ4n) is 3.20. The molecule has 0 spiro atoms. The van der Waals surface area contributed by atoms with Crippen molar-refractivity contribution in [2.45, 2.75) is 11.1 Å². The van der Waals surface area contributed by atoms with E-state index in [0.717, 1.165) is 21.3 Å². The average molecular weight is 374 g/mol. The molecule has 1 aliphatic rings. The molecule has 0 atom stereocenters. The van der Waals surface area contributed by atoms with Crippen LogP contribution in [-0.2, 0) is 10.0 Å². The zero-order valence-electron chi connectivity index (χ0n) is 13.9. The number of anilines is 1. The third-order valence-corrected chi connectivity index (χ3v) is 7.90. The molecule has 1 fully saturated rings. The van der Waals surface area contributed by atoms with E-state index in [2.05, 4.69) is 16.0 Å². The van der Waals surface area contributed by atoms with Crippen LogP contribution in [0, 0.1) is 6.92 Å². The molecule has 25 heavy (non-hydrogen) atoms. The molecule has 130 valence electrons. The van der Waals surface area contributed by atoms with E-state index in [9.17, 15) is 8.42 Å². The van der Waals surface area contributed by atoms with Gasteiger partial charge in [0.1, 0.15) is 4.21 Å². The van der Waals surface area contributed by atoms with Gasteiger partial charge in [-0.3, -0.25) is 4.98 Å². The second kappa shape index (κ2) is 6.40. The number of hydrogen-bond donors (Lipinski definition) is 0. The average Bonchev–Trinajstić information content (AvgIpc) is 3.09. The first-order chi connectivity index (χ1) is 12.1. The molecule has 1 aliphatic heterocycles. The Labute approximate surface area is 151 Å². The van der Waals surface area contributed by atoms with E-state index in [-0.39, 0.29) is 0 Å². The molecular formula is C18H19N3O2S2. The zero-order chi connectivity index (χ0) is 17.4. The summed E-state index contributed by atoms with van der Waals surface area (Å²) in [5.41, 5.74) is 1.07. The minimum atomic E-state index is -3.38. The summed E-state index contributed by atoms with van der Waals surface area (Å²) in [5.74, 6) is 0. The normalized spacial score (nSPS) is 16.4. The molecule has 1 aromatic carbocycles. The van der Waals surface area contributed by atoms with Crippen LogP contribution in [0.5, 0.6) is 0 Å². The quantitative estimate of drug-likeness (QED) is 0.708. The van der Waals surface area contributed by atoms with Crippen molar-refractivity contribution in [3.63, 3.8) is 0 Å². The number of thiophene rings is 1. The van der Waals surface area contributed by atoms with E-state index >= 15 is 0 Å². The van der Waals surface area contributed by atoms with Crippen molar-refractivity contribution in [1.29, 1.82) is 0 Å². The number of hydrogen-bond acceptors (Lipinski definition) is 5. The van der Waals surface area contributed by atoms with Gasteiger partial charge in [-0.05, 0) is 19.1 Å². The van der Waals surface area contributed by atoms with E-state index in [1.165, 1.54) is 11.3 Å². The standard InChI is InChI=1S/C18H19N3O2S2/c1-14-6-7-18(24-14)25(22,23)21-10-8-20(9-11-21)17-13-19-12-15-4-2-3-5-16(15)17/h2-7,12-13H,8-11H2,1H3. The summed E-state index contributed by atoms with van der Waals surface area (Å²) < 4.78 is 27.5. The highest BCUT2D eigenvalue weighted by atomic mass is 32.2. The summed E-state index contributed by atoms with van der Waals surface area (Å²) in [6, 6.07) is 11.7. The first-order valence-corrected chi connectivity index (χ1v) is 10.5. The number of fused-ring (bicyclic) bond motifs is 1. The Bertz CT molecular complexity index is 1000. The lowest BCUT2D eigenvalue weighted by atomic mass is 10.1. The summed E-state index contributed by atoms with van der Waals surface area (Å²) in [6.45, 7) is 4.23. The Morgan fingerprint density at radius 2 is 1.76 bits per heavy atom. The topological polar surface area (TPSA) is 53.5 Å². The number of benzene rings is 1. The molecule has 0 aliphatic carbocycles. The summed E-state index contributed by atoms with van der Waals surface area (Å²) >= 11 is 1.33. The van der Waals surface area contributed by atoms with Gasteiger partial charge in [-0.15, -0.1) is 11.3 Å². The smallest absolute Gasteiger partial charge is 0.252 e. The Kier molecular flexibility index (Phi) is 4.23. The summed E-state index contributed by atoms with van der Waals surface area (Å²) in [5, 5.41) is 2.26. The Morgan fingerprint density at radius 3 is 2.48 bits per heavy atom. The van der Waals surface area contributed by atoms with E-state index in [4.69, 9.17) is 0 Å². The molecule has 0 saturated carbocycles. The van der Waals surface area contributed by atoms with Gasteiger partial charge in [0.2, 0.25) is 0 Å². The van der Waals surface area contributed by atoms with Gasteiger partial charge < -0.3 is 4.90 Å². The molecular weight excluding hydrogens is 354 g/mol. The molecule has 2 aromatic heterocycles. The number of piperazine rings is 1. The molecule has 0 unspecified atom stereocenters. The minimum absolute atomic E-state index is 0.435. The Hall–Kier alpha value is -1.96. The van der Waals surface area contributed by atoms with Crippen LogP contribution in [0.3, 0.4) is 0 Å². The molecule has 0 bridgehead atoms. The second-order valence-electron chi connectivity index (χ2n) is 6.14. The van der Waals surface area contributed by atoms with Crippen molar-refractivity contribution in [1.82, 2.24) is 9.29 Å². The van der Waals surface area contributed by atoms with E-state index in [0.29, 0.717) is 30.4 Å². The monoisotopic (exact) mass is 373 g/mol. The number of aromatic nitrogens is 1. The first kappa shape index (κ1) is 16.5. The molecule has 3 heterocycles. The van der Waals surface area contributed by atoms with E-state index < -0.39 is 10.0 Å². The highest BCUT2D eigenvalue weighted by Gasteiger charge is 2.30. The van der Waals surface area contributed by atoms with Gasteiger partial charge in [-0.1, -0.05) is 24.3 Å². The van der Waals surface area contributed by atoms with E-state index in [1.807, 2.05) is 43.6 Å². The summed E-state index contributed by atoms with van der Waals surface area (Å²) in [6.07, 6.45) is 3.73. The molecule has 7 heteroatoms.